The van der Waals surface area contributed by atoms with E-state index >= 15 is 0 Å². The molecule has 6 nitrogen and oxygen atoms in total. The number of ether oxygens (including phenoxy) is 1. The summed E-state index contributed by atoms with van der Waals surface area (Å²) in [5.41, 5.74) is 0. The topological polar surface area (TPSA) is 95.9 Å². The lowest BCUT2D eigenvalue weighted by Gasteiger charge is -2.22. The van der Waals surface area contributed by atoms with Crippen LogP contribution >= 0.6 is 0 Å². The lowest BCUT2D eigenvalue weighted by atomic mass is 10.0. The van der Waals surface area contributed by atoms with Gasteiger partial charge in [-0.3, -0.25) is 9.59 Å². The second kappa shape index (κ2) is 48.0. The third-order valence-corrected chi connectivity index (χ3v) is 11.7. The molecule has 0 rings (SSSR count). The quantitative estimate of drug-likeness (QED) is 0.0323. The third kappa shape index (κ3) is 43.9. The molecule has 0 aromatic heterocycles. The van der Waals surface area contributed by atoms with Crippen LogP contribution in [-0.4, -0.2) is 47.4 Å². The highest BCUT2D eigenvalue weighted by atomic mass is 16.5. The zero-order chi connectivity index (χ0) is 42.3. The van der Waals surface area contributed by atoms with Crippen LogP contribution in [0.15, 0.2) is 24.3 Å². The molecule has 2 atom stereocenters. The molecule has 0 aliphatic heterocycles. The van der Waals surface area contributed by atoms with Crippen LogP contribution in [-0.2, 0) is 14.3 Å². The number of esters is 1. The zero-order valence-electron chi connectivity index (χ0n) is 38.8. The van der Waals surface area contributed by atoms with Gasteiger partial charge in [0.05, 0.1) is 25.4 Å². The molecule has 0 heterocycles. The van der Waals surface area contributed by atoms with E-state index in [4.69, 9.17) is 4.74 Å². The highest BCUT2D eigenvalue weighted by Gasteiger charge is 2.20. The molecule has 0 aromatic carbocycles. The number of unbranched alkanes of at least 4 members (excludes halogenated alkanes) is 32. The Morgan fingerprint density at radius 3 is 1.24 bits per heavy atom. The van der Waals surface area contributed by atoms with Crippen molar-refractivity contribution in [2.45, 2.75) is 283 Å². The highest BCUT2D eigenvalue weighted by molar-refractivity contribution is 5.76. The smallest absolute Gasteiger partial charge is 0.305 e. The number of carbonyl (C=O) groups excluding carboxylic acids is 2. The average Bonchev–Trinajstić information content (AvgIpc) is 3.22. The van der Waals surface area contributed by atoms with E-state index in [9.17, 15) is 19.8 Å². The summed E-state index contributed by atoms with van der Waals surface area (Å²) in [4.78, 5) is 24.4. The van der Waals surface area contributed by atoms with Crippen LogP contribution in [0.3, 0.4) is 0 Å². The zero-order valence-corrected chi connectivity index (χ0v) is 38.8. The molecule has 0 aromatic rings. The summed E-state index contributed by atoms with van der Waals surface area (Å²) in [6.45, 7) is 4.86. The molecule has 58 heavy (non-hydrogen) atoms. The Labute approximate surface area is 361 Å². The van der Waals surface area contributed by atoms with Crippen molar-refractivity contribution in [2.24, 2.45) is 0 Å². The van der Waals surface area contributed by atoms with Crippen LogP contribution in [0.25, 0.3) is 0 Å². The number of carbonyl (C=O) groups is 2. The van der Waals surface area contributed by atoms with Crippen molar-refractivity contribution in [3.8, 4) is 0 Å². The second-order valence-electron chi connectivity index (χ2n) is 17.5. The molecule has 0 bridgehead atoms. The van der Waals surface area contributed by atoms with Gasteiger partial charge in [0.2, 0.25) is 5.91 Å². The Hall–Kier alpha value is -1.66. The van der Waals surface area contributed by atoms with Crippen LogP contribution < -0.4 is 5.32 Å². The number of nitrogens with one attached hydrogen (secondary N) is 1. The van der Waals surface area contributed by atoms with Crippen LogP contribution in [0.4, 0.5) is 0 Å². The van der Waals surface area contributed by atoms with Gasteiger partial charge in [-0.15, -0.1) is 0 Å². The highest BCUT2D eigenvalue weighted by Crippen LogP contribution is 2.16. The fourth-order valence-electron chi connectivity index (χ4n) is 7.74. The molecule has 0 radical (unpaired) electrons. The Bertz CT molecular complexity index is 904. The van der Waals surface area contributed by atoms with E-state index in [1.54, 1.807) is 0 Å². The normalized spacial score (nSPS) is 12.8. The van der Waals surface area contributed by atoms with E-state index in [1.165, 1.54) is 154 Å². The van der Waals surface area contributed by atoms with E-state index in [0.29, 0.717) is 25.9 Å². The standard InChI is InChI=1S/C52H99NO5/c1-3-5-7-9-11-13-15-17-18-19-20-22-24-28-32-36-40-44-50(55)49(48-54)53-51(56)45-41-37-33-29-25-23-27-31-35-39-43-47-58-52(57)46-42-38-34-30-26-21-16-14-12-10-8-6-4-2/h14,16,27,31,49-50,54-55H,3-13,15,17-26,28-30,32-48H2,1-2H3,(H,53,56)/b16-14-,31-27-. The molecule has 2 unspecified atom stereocenters. The third-order valence-electron chi connectivity index (χ3n) is 11.7. The minimum atomic E-state index is -0.682. The Kier molecular flexibility index (Phi) is 46.6. The summed E-state index contributed by atoms with van der Waals surface area (Å²) in [5.74, 6) is -0.104. The fraction of sp³-hybridized carbons (Fsp3) is 0.885. The number of hydrogen-bond acceptors (Lipinski definition) is 5. The second-order valence-corrected chi connectivity index (χ2v) is 17.5. The molecule has 0 aliphatic rings. The maximum Gasteiger partial charge on any atom is 0.305 e. The molecule has 0 spiro atoms. The number of aliphatic hydroxyl groups is 2. The number of aliphatic hydroxyl groups excluding tert-OH is 2. The summed E-state index contributed by atoms with van der Waals surface area (Å²) in [6.07, 6.45) is 55.7. The Balaban J connectivity index is 3.53. The van der Waals surface area contributed by atoms with E-state index in [-0.39, 0.29) is 18.5 Å². The molecule has 0 aliphatic carbocycles. The van der Waals surface area contributed by atoms with Gasteiger partial charge < -0.3 is 20.3 Å². The van der Waals surface area contributed by atoms with Crippen LogP contribution in [0, 0.1) is 0 Å². The molecule has 0 saturated carbocycles. The molecule has 0 fully saturated rings. The van der Waals surface area contributed by atoms with Crippen LogP contribution in [0.2, 0.25) is 0 Å². The minimum absolute atomic E-state index is 0.0404. The lowest BCUT2D eigenvalue weighted by molar-refractivity contribution is -0.143. The number of amides is 1. The van der Waals surface area contributed by atoms with Gasteiger partial charge in [-0.1, -0.05) is 205 Å². The summed E-state index contributed by atoms with van der Waals surface area (Å²) in [5, 5.41) is 23.2. The summed E-state index contributed by atoms with van der Waals surface area (Å²) < 4.78 is 5.42. The van der Waals surface area contributed by atoms with Gasteiger partial charge in [0.1, 0.15) is 0 Å². The van der Waals surface area contributed by atoms with Gasteiger partial charge in [0.15, 0.2) is 0 Å². The van der Waals surface area contributed by atoms with E-state index in [2.05, 4.69) is 43.5 Å². The van der Waals surface area contributed by atoms with Crippen molar-refractivity contribution in [2.75, 3.05) is 13.2 Å². The van der Waals surface area contributed by atoms with Gasteiger partial charge in [0, 0.05) is 12.8 Å². The van der Waals surface area contributed by atoms with Gasteiger partial charge >= 0.3 is 5.97 Å². The first kappa shape index (κ1) is 56.3. The molecular formula is C52H99NO5. The number of allylic oxidation sites excluding steroid dienone is 4. The Morgan fingerprint density at radius 1 is 0.466 bits per heavy atom. The molecule has 6 heteroatoms. The summed E-state index contributed by atoms with van der Waals surface area (Å²) in [6, 6.07) is -0.562. The van der Waals surface area contributed by atoms with Gasteiger partial charge in [0.25, 0.3) is 0 Å². The van der Waals surface area contributed by atoms with Crippen molar-refractivity contribution in [1.82, 2.24) is 5.32 Å². The van der Waals surface area contributed by atoms with Gasteiger partial charge in [-0.2, -0.15) is 0 Å². The van der Waals surface area contributed by atoms with Crippen molar-refractivity contribution in [3.05, 3.63) is 24.3 Å². The fourth-order valence-corrected chi connectivity index (χ4v) is 7.74. The number of rotatable bonds is 47. The van der Waals surface area contributed by atoms with Crippen molar-refractivity contribution in [3.63, 3.8) is 0 Å². The Morgan fingerprint density at radius 2 is 0.810 bits per heavy atom. The van der Waals surface area contributed by atoms with Gasteiger partial charge in [-0.25, -0.2) is 0 Å². The molecule has 1 amide bonds. The van der Waals surface area contributed by atoms with E-state index < -0.39 is 12.1 Å². The summed E-state index contributed by atoms with van der Waals surface area (Å²) >= 11 is 0. The van der Waals surface area contributed by atoms with Crippen LogP contribution in [0.1, 0.15) is 271 Å². The maximum atomic E-state index is 12.4. The molecule has 0 saturated heterocycles. The predicted molar refractivity (Wildman–Crippen MR) is 250 cm³/mol. The van der Waals surface area contributed by atoms with E-state index in [0.717, 1.165) is 83.5 Å². The average molecular weight is 818 g/mol. The van der Waals surface area contributed by atoms with Crippen LogP contribution in [0.5, 0.6) is 0 Å². The van der Waals surface area contributed by atoms with Crippen molar-refractivity contribution >= 4 is 11.9 Å². The minimum Gasteiger partial charge on any atom is -0.466 e. The number of hydrogen-bond donors (Lipinski definition) is 3. The van der Waals surface area contributed by atoms with Crippen molar-refractivity contribution in [1.29, 1.82) is 0 Å². The SMILES string of the molecule is CCCCCC/C=C\CCCCCCCC(=O)OCCCC/C=C\CCCCCCCC(=O)NC(CO)C(O)CCCCCCCCCCCCCCCCCCC. The first-order valence-electron chi connectivity index (χ1n) is 25.6. The first-order valence-corrected chi connectivity index (χ1v) is 25.6. The lowest BCUT2D eigenvalue weighted by Crippen LogP contribution is -2.45. The van der Waals surface area contributed by atoms with E-state index in [1.807, 2.05) is 0 Å². The van der Waals surface area contributed by atoms with Gasteiger partial charge in [-0.05, 0) is 77.0 Å². The largest absolute Gasteiger partial charge is 0.466 e. The van der Waals surface area contributed by atoms with Crippen molar-refractivity contribution < 1.29 is 24.5 Å². The molecule has 342 valence electrons. The maximum absolute atomic E-state index is 12.4. The molecule has 3 N–H and O–H groups in total. The molecular weight excluding hydrogens is 719 g/mol. The predicted octanol–water partition coefficient (Wildman–Crippen LogP) is 15.1. The summed E-state index contributed by atoms with van der Waals surface area (Å²) in [7, 11) is 0. The first-order chi connectivity index (χ1) is 28.5. The monoisotopic (exact) mass is 818 g/mol.